The number of piperidine rings is 1. The maximum absolute atomic E-state index is 15.6. The van der Waals surface area contributed by atoms with Gasteiger partial charge in [-0.2, -0.15) is 10.4 Å². The van der Waals surface area contributed by atoms with Gasteiger partial charge in [0, 0.05) is 43.3 Å². The second-order valence-electron chi connectivity index (χ2n) is 11.5. The zero-order valence-electron chi connectivity index (χ0n) is 24.2. The molecule has 0 spiro atoms. The molecule has 2 N–H and O–H groups in total. The molecule has 4 heterocycles. The predicted molar refractivity (Wildman–Crippen MR) is 160 cm³/mol. The monoisotopic (exact) mass is 580 g/mol. The van der Waals surface area contributed by atoms with Crippen LogP contribution < -0.4 is 10.5 Å². The van der Waals surface area contributed by atoms with Crippen molar-refractivity contribution in [1.82, 2.24) is 29.5 Å². The minimum atomic E-state index is -0.530. The van der Waals surface area contributed by atoms with Crippen LogP contribution in [0.25, 0.3) is 22.3 Å². The Labute approximate surface area is 249 Å². The maximum Gasteiger partial charge on any atom is 0.264 e. The summed E-state index contributed by atoms with van der Waals surface area (Å²) in [7, 11) is 0. The van der Waals surface area contributed by atoms with Crippen LogP contribution in [0.1, 0.15) is 39.2 Å². The van der Waals surface area contributed by atoms with Crippen LogP contribution in [0.2, 0.25) is 0 Å². The van der Waals surface area contributed by atoms with Gasteiger partial charge >= 0.3 is 0 Å². The van der Waals surface area contributed by atoms with Crippen molar-refractivity contribution in [3.8, 4) is 28.8 Å². The molecule has 2 fully saturated rings. The average molecular weight is 581 g/mol. The molecule has 2 aliphatic rings. The predicted octanol–water partition coefficient (Wildman–Crippen LogP) is 5.10. The number of likely N-dealkylation sites (tertiary alicyclic amines) is 2. The minimum absolute atomic E-state index is 0.134. The fourth-order valence-electron chi connectivity index (χ4n) is 5.80. The van der Waals surface area contributed by atoms with E-state index in [1.54, 1.807) is 39.9 Å². The average Bonchev–Trinajstić information content (AvgIpc) is 3.36. The van der Waals surface area contributed by atoms with Gasteiger partial charge in [-0.05, 0) is 63.5 Å². The largest absolute Gasteiger partial charge is 0.457 e. The molecule has 43 heavy (non-hydrogen) atoms. The fraction of sp³-hybridized carbons (Fsp3) is 0.344. The Bertz CT molecular complexity index is 1740. The van der Waals surface area contributed by atoms with E-state index in [0.717, 1.165) is 25.9 Å². The third-order valence-corrected chi connectivity index (χ3v) is 8.24. The van der Waals surface area contributed by atoms with Gasteiger partial charge in [0.05, 0.1) is 11.4 Å². The normalized spacial score (nSPS) is 17.9. The Hall–Kier alpha value is -4.82. The highest BCUT2D eigenvalue weighted by Gasteiger charge is 2.34. The molecule has 2 aromatic heterocycles. The van der Waals surface area contributed by atoms with Crippen molar-refractivity contribution in [3.63, 3.8) is 0 Å². The first kappa shape index (κ1) is 28.3. The molecular weight excluding hydrogens is 547 g/mol. The summed E-state index contributed by atoms with van der Waals surface area (Å²) in [6.45, 7) is 6.80. The van der Waals surface area contributed by atoms with Gasteiger partial charge in [-0.1, -0.05) is 18.2 Å². The van der Waals surface area contributed by atoms with Crippen LogP contribution >= 0.6 is 0 Å². The summed E-state index contributed by atoms with van der Waals surface area (Å²) in [5, 5.41) is 15.1. The Morgan fingerprint density at radius 2 is 1.91 bits per heavy atom. The van der Waals surface area contributed by atoms with Gasteiger partial charge in [0.1, 0.15) is 46.8 Å². The number of amides is 1. The van der Waals surface area contributed by atoms with Crippen LogP contribution in [-0.4, -0.2) is 67.2 Å². The third kappa shape index (κ3) is 5.53. The van der Waals surface area contributed by atoms with Crippen molar-refractivity contribution in [2.24, 2.45) is 0 Å². The van der Waals surface area contributed by atoms with E-state index < -0.39 is 5.82 Å². The van der Waals surface area contributed by atoms with Crippen molar-refractivity contribution in [3.05, 3.63) is 72.3 Å². The van der Waals surface area contributed by atoms with E-state index in [-0.39, 0.29) is 34.4 Å². The lowest BCUT2D eigenvalue weighted by Crippen LogP contribution is -2.51. The summed E-state index contributed by atoms with van der Waals surface area (Å²) in [6, 6.07) is 15.6. The summed E-state index contributed by atoms with van der Waals surface area (Å²) in [5.41, 5.74) is 7.04. The molecule has 2 aliphatic heterocycles. The second-order valence-corrected chi connectivity index (χ2v) is 11.5. The maximum atomic E-state index is 15.6. The lowest BCUT2D eigenvalue weighted by atomic mass is 9.94. The molecule has 0 bridgehead atoms. The Kier molecular flexibility index (Phi) is 7.54. The number of hydrogen-bond donors (Lipinski definition) is 1. The number of rotatable bonds is 7. The number of benzene rings is 2. The van der Waals surface area contributed by atoms with Gasteiger partial charge in [0.15, 0.2) is 5.65 Å². The molecule has 10 nitrogen and oxygen atoms in total. The summed E-state index contributed by atoms with van der Waals surface area (Å²) < 4.78 is 23.1. The summed E-state index contributed by atoms with van der Waals surface area (Å²) in [4.78, 5) is 26.1. The number of hydrogen-bond acceptors (Lipinski definition) is 8. The van der Waals surface area contributed by atoms with Crippen LogP contribution in [0.3, 0.4) is 0 Å². The molecule has 1 amide bonds. The lowest BCUT2D eigenvalue weighted by Gasteiger charge is -2.43. The van der Waals surface area contributed by atoms with Crippen LogP contribution in [0, 0.1) is 17.1 Å². The SMILES string of the molecule is CC(C)(/C=C(\C#N)C(=O)N1CCC[C@@H](n2nc(-c3ccc(Oc4ccccc4)cc3F)c3c(N)ncnc32)C1)N1CCC1. The zero-order chi connectivity index (χ0) is 30.1. The first-order chi connectivity index (χ1) is 20.7. The standard InChI is InChI=1S/C32H33FN8O2/c1-32(2,40-14-7-15-40)17-21(18-34)31(42)39-13-6-8-22(19-39)41-30-27(29(35)36-20-37-30)28(38-41)25-12-11-24(16-26(25)33)43-23-9-4-3-5-10-23/h3-5,9-12,16-17,20,22H,6-8,13-15,19H2,1-2H3,(H2,35,36,37)/b21-17+/t22-/m1/s1. The van der Waals surface area contributed by atoms with Crippen LogP contribution in [-0.2, 0) is 4.79 Å². The topological polar surface area (TPSA) is 126 Å². The molecule has 0 saturated carbocycles. The molecular formula is C32H33FN8O2. The molecule has 11 heteroatoms. The van der Waals surface area contributed by atoms with Gasteiger partial charge in [0.25, 0.3) is 5.91 Å². The van der Waals surface area contributed by atoms with Crippen LogP contribution in [0.4, 0.5) is 10.2 Å². The van der Waals surface area contributed by atoms with Crippen molar-refractivity contribution in [2.45, 2.75) is 44.7 Å². The van der Waals surface area contributed by atoms with Gasteiger partial charge in [-0.15, -0.1) is 0 Å². The number of para-hydroxylation sites is 1. The van der Waals surface area contributed by atoms with E-state index in [0.29, 0.717) is 47.7 Å². The first-order valence-electron chi connectivity index (χ1n) is 14.4. The van der Waals surface area contributed by atoms with Gasteiger partial charge in [-0.25, -0.2) is 19.0 Å². The highest BCUT2D eigenvalue weighted by Crippen LogP contribution is 2.36. The fourth-order valence-corrected chi connectivity index (χ4v) is 5.80. The quantitative estimate of drug-likeness (QED) is 0.236. The number of halogens is 1. The number of aromatic nitrogens is 4. The molecule has 0 unspecified atom stereocenters. The molecule has 0 aliphatic carbocycles. The van der Waals surface area contributed by atoms with E-state index in [9.17, 15) is 10.1 Å². The number of anilines is 1. The number of carbonyl (C=O) groups is 1. The smallest absolute Gasteiger partial charge is 0.264 e. The number of nitrogen functional groups attached to an aromatic ring is 1. The molecule has 2 saturated heterocycles. The molecule has 220 valence electrons. The van der Waals surface area contributed by atoms with Gasteiger partial charge < -0.3 is 15.4 Å². The number of nitriles is 1. The second kappa shape index (κ2) is 11.5. The Morgan fingerprint density at radius 1 is 1.12 bits per heavy atom. The Morgan fingerprint density at radius 3 is 2.60 bits per heavy atom. The molecule has 1 atom stereocenters. The Balaban J connectivity index is 1.30. The van der Waals surface area contributed by atoms with Crippen LogP contribution in [0.5, 0.6) is 11.5 Å². The molecule has 4 aromatic rings. The third-order valence-electron chi connectivity index (χ3n) is 8.24. The highest BCUT2D eigenvalue weighted by atomic mass is 19.1. The van der Waals surface area contributed by atoms with E-state index >= 15 is 4.39 Å². The van der Waals surface area contributed by atoms with E-state index in [2.05, 4.69) is 20.9 Å². The molecule has 6 rings (SSSR count). The summed E-state index contributed by atoms with van der Waals surface area (Å²) in [6.07, 6.45) is 5.68. The minimum Gasteiger partial charge on any atom is -0.457 e. The number of nitrogens with two attached hydrogens (primary N) is 1. The van der Waals surface area contributed by atoms with E-state index in [1.807, 2.05) is 32.0 Å². The van der Waals surface area contributed by atoms with Gasteiger partial charge in [0.2, 0.25) is 0 Å². The highest BCUT2D eigenvalue weighted by molar-refractivity contribution is 5.99. The first-order valence-corrected chi connectivity index (χ1v) is 14.4. The van der Waals surface area contributed by atoms with E-state index in [4.69, 9.17) is 15.6 Å². The van der Waals surface area contributed by atoms with E-state index in [1.165, 1.54) is 12.4 Å². The number of fused-ring (bicyclic) bond motifs is 1. The van der Waals surface area contributed by atoms with Crippen LogP contribution in [0.15, 0.2) is 66.5 Å². The van der Waals surface area contributed by atoms with Crippen molar-refractivity contribution in [2.75, 3.05) is 31.9 Å². The van der Waals surface area contributed by atoms with Crippen molar-refractivity contribution < 1.29 is 13.9 Å². The van der Waals surface area contributed by atoms with Gasteiger partial charge in [-0.3, -0.25) is 9.69 Å². The molecule has 2 aromatic carbocycles. The number of nitrogens with zero attached hydrogens (tertiary/aromatic N) is 7. The summed E-state index contributed by atoms with van der Waals surface area (Å²) in [5.74, 6) is 0.295. The molecule has 0 radical (unpaired) electrons. The van der Waals surface area contributed by atoms with Crippen molar-refractivity contribution in [1.29, 1.82) is 5.26 Å². The summed E-state index contributed by atoms with van der Waals surface area (Å²) >= 11 is 0. The number of ether oxygens (including phenoxy) is 1. The van der Waals surface area contributed by atoms with Crippen molar-refractivity contribution >= 4 is 22.8 Å². The number of carbonyl (C=O) groups excluding carboxylic acids is 1. The lowest BCUT2D eigenvalue weighted by molar-refractivity contribution is -0.128. The zero-order valence-corrected chi connectivity index (χ0v) is 24.2.